The molecule has 0 radical (unpaired) electrons. The predicted octanol–water partition coefficient (Wildman–Crippen LogP) is 4.21. The molecule has 0 aliphatic carbocycles. The molecule has 1 fully saturated rings. The number of anilines is 2. The van der Waals surface area contributed by atoms with E-state index in [-0.39, 0.29) is 0 Å². The lowest BCUT2D eigenvalue weighted by atomic mass is 10.1. The number of aromatic nitrogens is 2. The first-order valence-corrected chi connectivity index (χ1v) is 9.20. The number of rotatable bonds is 6. The van der Waals surface area contributed by atoms with Crippen molar-refractivity contribution in [3.63, 3.8) is 0 Å². The van der Waals surface area contributed by atoms with Crippen LogP contribution in [0.1, 0.15) is 43.4 Å². The van der Waals surface area contributed by atoms with E-state index in [2.05, 4.69) is 52.5 Å². The molecule has 0 spiro atoms. The normalized spacial score (nSPS) is 15.1. The average Bonchev–Trinajstić information content (AvgIpc) is 2.89. The van der Waals surface area contributed by atoms with Gasteiger partial charge in [0.1, 0.15) is 5.82 Å². The van der Waals surface area contributed by atoms with Crippen molar-refractivity contribution in [3.8, 4) is 0 Å². The maximum Gasteiger partial charge on any atom is 0.227 e. The maximum absolute atomic E-state index is 4.75. The average molecular weight is 324 g/mol. The lowest BCUT2D eigenvalue weighted by Gasteiger charge is -2.21. The Morgan fingerprint density at radius 2 is 1.75 bits per heavy atom. The van der Waals surface area contributed by atoms with E-state index in [1.165, 1.54) is 31.2 Å². The van der Waals surface area contributed by atoms with Gasteiger partial charge in [-0.1, -0.05) is 43.2 Å². The topological polar surface area (TPSA) is 41.1 Å². The van der Waals surface area contributed by atoms with Crippen molar-refractivity contribution in [1.29, 1.82) is 0 Å². The fourth-order valence-corrected chi connectivity index (χ4v) is 3.21. The molecule has 4 heteroatoms. The SMILES string of the molecule is Cc1cc(NCCCc2ccccc2)nc(N2CCCCCC2)n1. The van der Waals surface area contributed by atoms with Crippen molar-refractivity contribution >= 4 is 11.8 Å². The standard InChI is InChI=1S/C20H28N4/c1-17-16-19(21-13-9-12-18-10-5-4-6-11-18)23-20(22-17)24-14-7-2-3-8-15-24/h4-6,10-11,16H,2-3,7-9,12-15H2,1H3,(H,21,22,23). The molecule has 2 aromatic rings. The third-order valence-corrected chi connectivity index (χ3v) is 4.52. The number of aryl methyl sites for hydroxylation is 2. The summed E-state index contributed by atoms with van der Waals surface area (Å²) in [7, 11) is 0. The van der Waals surface area contributed by atoms with E-state index in [1.807, 2.05) is 6.07 Å². The van der Waals surface area contributed by atoms with Crippen LogP contribution in [0.15, 0.2) is 36.4 Å². The van der Waals surface area contributed by atoms with Gasteiger partial charge in [-0.15, -0.1) is 0 Å². The molecule has 1 aliphatic heterocycles. The molecule has 0 unspecified atom stereocenters. The molecule has 0 bridgehead atoms. The number of hydrogen-bond acceptors (Lipinski definition) is 4. The second-order valence-electron chi connectivity index (χ2n) is 6.61. The van der Waals surface area contributed by atoms with E-state index in [4.69, 9.17) is 4.98 Å². The first-order valence-electron chi connectivity index (χ1n) is 9.20. The lowest BCUT2D eigenvalue weighted by molar-refractivity contribution is 0.726. The molecule has 128 valence electrons. The molecule has 1 N–H and O–H groups in total. The highest BCUT2D eigenvalue weighted by Gasteiger charge is 2.13. The Hall–Kier alpha value is -2.10. The fourth-order valence-electron chi connectivity index (χ4n) is 3.21. The van der Waals surface area contributed by atoms with Crippen molar-refractivity contribution < 1.29 is 0 Å². The summed E-state index contributed by atoms with van der Waals surface area (Å²) >= 11 is 0. The summed E-state index contributed by atoms with van der Waals surface area (Å²) < 4.78 is 0. The van der Waals surface area contributed by atoms with Gasteiger partial charge in [0.2, 0.25) is 5.95 Å². The number of nitrogens with one attached hydrogen (secondary N) is 1. The maximum atomic E-state index is 4.75. The molecular formula is C20H28N4. The van der Waals surface area contributed by atoms with Gasteiger partial charge >= 0.3 is 0 Å². The van der Waals surface area contributed by atoms with Crippen LogP contribution in [0.4, 0.5) is 11.8 Å². The Bertz CT molecular complexity index is 619. The third kappa shape index (κ3) is 4.95. The van der Waals surface area contributed by atoms with Crippen LogP contribution in [-0.4, -0.2) is 29.6 Å². The Labute approximate surface area is 145 Å². The van der Waals surface area contributed by atoms with Crippen molar-refractivity contribution in [3.05, 3.63) is 47.7 Å². The van der Waals surface area contributed by atoms with Crippen LogP contribution < -0.4 is 10.2 Å². The van der Waals surface area contributed by atoms with Gasteiger partial charge < -0.3 is 10.2 Å². The molecule has 0 saturated carbocycles. The van der Waals surface area contributed by atoms with Crippen molar-refractivity contribution in [2.75, 3.05) is 29.9 Å². The van der Waals surface area contributed by atoms with Crippen molar-refractivity contribution in [2.24, 2.45) is 0 Å². The monoisotopic (exact) mass is 324 g/mol. The van der Waals surface area contributed by atoms with Crippen molar-refractivity contribution in [2.45, 2.75) is 45.4 Å². The quantitative estimate of drug-likeness (QED) is 0.808. The molecule has 4 nitrogen and oxygen atoms in total. The summed E-state index contributed by atoms with van der Waals surface area (Å²) in [5.41, 5.74) is 2.43. The van der Waals surface area contributed by atoms with E-state index in [1.54, 1.807) is 0 Å². The van der Waals surface area contributed by atoms with Gasteiger partial charge in [-0.25, -0.2) is 4.98 Å². The molecule has 1 aliphatic rings. The summed E-state index contributed by atoms with van der Waals surface area (Å²) in [6, 6.07) is 12.7. The molecule has 0 atom stereocenters. The van der Waals surface area contributed by atoms with Gasteiger partial charge in [0.25, 0.3) is 0 Å². The van der Waals surface area contributed by atoms with Gasteiger partial charge in [0.05, 0.1) is 0 Å². The predicted molar refractivity (Wildman–Crippen MR) is 101 cm³/mol. The van der Waals surface area contributed by atoms with Gasteiger partial charge in [-0.2, -0.15) is 4.98 Å². The van der Waals surface area contributed by atoms with E-state index in [0.29, 0.717) is 0 Å². The molecule has 2 heterocycles. The lowest BCUT2D eigenvalue weighted by Crippen LogP contribution is -2.26. The van der Waals surface area contributed by atoms with E-state index in [9.17, 15) is 0 Å². The molecule has 0 amide bonds. The highest BCUT2D eigenvalue weighted by Crippen LogP contribution is 2.18. The van der Waals surface area contributed by atoms with Gasteiger partial charge in [-0.05, 0) is 38.2 Å². The fraction of sp³-hybridized carbons (Fsp3) is 0.500. The van der Waals surface area contributed by atoms with Crippen LogP contribution >= 0.6 is 0 Å². The highest BCUT2D eigenvalue weighted by atomic mass is 15.3. The minimum absolute atomic E-state index is 0.891. The van der Waals surface area contributed by atoms with Gasteiger partial charge in [0.15, 0.2) is 0 Å². The molecular weight excluding hydrogens is 296 g/mol. The minimum Gasteiger partial charge on any atom is -0.370 e. The Balaban J connectivity index is 1.55. The van der Waals surface area contributed by atoms with Crippen LogP contribution in [0.5, 0.6) is 0 Å². The zero-order chi connectivity index (χ0) is 16.6. The Kier molecular flexibility index (Phi) is 6.05. The largest absolute Gasteiger partial charge is 0.370 e. The summed E-state index contributed by atoms with van der Waals surface area (Å²) in [4.78, 5) is 11.7. The summed E-state index contributed by atoms with van der Waals surface area (Å²) in [5, 5.41) is 3.47. The Morgan fingerprint density at radius 3 is 2.50 bits per heavy atom. The zero-order valence-electron chi connectivity index (χ0n) is 14.7. The molecule has 1 aromatic heterocycles. The van der Waals surface area contributed by atoms with Gasteiger partial charge in [0, 0.05) is 31.4 Å². The van der Waals surface area contributed by atoms with E-state index < -0.39 is 0 Å². The van der Waals surface area contributed by atoms with E-state index >= 15 is 0 Å². The van der Waals surface area contributed by atoms with Gasteiger partial charge in [-0.3, -0.25) is 0 Å². The highest BCUT2D eigenvalue weighted by molar-refractivity contribution is 5.43. The summed E-state index contributed by atoms with van der Waals surface area (Å²) in [6.07, 6.45) is 7.34. The molecule has 1 saturated heterocycles. The second-order valence-corrected chi connectivity index (χ2v) is 6.61. The summed E-state index contributed by atoms with van der Waals surface area (Å²) in [5.74, 6) is 1.84. The zero-order valence-corrected chi connectivity index (χ0v) is 14.7. The van der Waals surface area contributed by atoms with Crippen LogP contribution in [-0.2, 0) is 6.42 Å². The number of benzene rings is 1. The minimum atomic E-state index is 0.891. The first-order chi connectivity index (χ1) is 11.8. The second kappa shape index (κ2) is 8.67. The van der Waals surface area contributed by atoms with Crippen LogP contribution in [0.3, 0.4) is 0 Å². The van der Waals surface area contributed by atoms with Crippen LogP contribution in [0.2, 0.25) is 0 Å². The number of nitrogens with zero attached hydrogens (tertiary/aromatic N) is 3. The number of hydrogen-bond donors (Lipinski definition) is 1. The summed E-state index contributed by atoms with van der Waals surface area (Å²) in [6.45, 7) is 5.15. The molecule has 24 heavy (non-hydrogen) atoms. The molecule has 3 rings (SSSR count). The van der Waals surface area contributed by atoms with Crippen LogP contribution in [0.25, 0.3) is 0 Å². The Morgan fingerprint density at radius 1 is 1.00 bits per heavy atom. The smallest absolute Gasteiger partial charge is 0.227 e. The molecule has 1 aromatic carbocycles. The first kappa shape index (κ1) is 16.7. The third-order valence-electron chi connectivity index (χ3n) is 4.52. The van der Waals surface area contributed by atoms with Crippen molar-refractivity contribution in [1.82, 2.24) is 9.97 Å². The van der Waals surface area contributed by atoms with Crippen LogP contribution in [0, 0.1) is 6.92 Å². The van der Waals surface area contributed by atoms with E-state index in [0.717, 1.165) is 49.9 Å².